The van der Waals surface area contributed by atoms with E-state index in [0.29, 0.717) is 11.0 Å². The molecule has 0 saturated heterocycles. The van der Waals surface area contributed by atoms with Crippen molar-refractivity contribution in [3.63, 3.8) is 0 Å². The van der Waals surface area contributed by atoms with Crippen molar-refractivity contribution >= 4 is 23.4 Å². The highest BCUT2D eigenvalue weighted by Gasteiger charge is 2.26. The van der Waals surface area contributed by atoms with Gasteiger partial charge in [-0.25, -0.2) is 0 Å². The molecular weight excluding hydrogens is 408 g/mol. The van der Waals surface area contributed by atoms with Crippen LogP contribution in [0.2, 0.25) is 0 Å². The van der Waals surface area contributed by atoms with Crippen molar-refractivity contribution in [2.45, 2.75) is 31.2 Å². The van der Waals surface area contributed by atoms with Crippen molar-refractivity contribution in [2.24, 2.45) is 7.05 Å². The van der Waals surface area contributed by atoms with E-state index in [9.17, 15) is 4.79 Å². The summed E-state index contributed by atoms with van der Waals surface area (Å²) in [6, 6.07) is 17.6. The fourth-order valence-corrected chi connectivity index (χ4v) is 4.35. The van der Waals surface area contributed by atoms with E-state index in [2.05, 4.69) is 15.5 Å². The topological polar surface area (TPSA) is 73.0 Å². The second kappa shape index (κ2) is 8.81. The number of amides is 1. The van der Waals surface area contributed by atoms with Crippen LogP contribution in [0, 0.1) is 20.8 Å². The van der Waals surface area contributed by atoms with E-state index in [4.69, 9.17) is 4.42 Å². The monoisotopic (exact) mass is 432 g/mol. The Hall–Kier alpha value is -3.32. The lowest BCUT2D eigenvalue weighted by molar-refractivity contribution is -0.115. The highest BCUT2D eigenvalue weighted by molar-refractivity contribution is 8.00. The Morgan fingerprint density at radius 1 is 1.06 bits per heavy atom. The van der Waals surface area contributed by atoms with Gasteiger partial charge in [0.25, 0.3) is 0 Å². The first kappa shape index (κ1) is 20.9. The summed E-state index contributed by atoms with van der Waals surface area (Å²) in [5.74, 6) is 1.38. The molecule has 2 heterocycles. The zero-order valence-corrected chi connectivity index (χ0v) is 18.7. The molecule has 1 N–H and O–H groups in total. The van der Waals surface area contributed by atoms with Crippen molar-refractivity contribution in [2.75, 3.05) is 5.32 Å². The molecule has 4 rings (SSSR count). The predicted octanol–water partition coefficient (Wildman–Crippen LogP) is 5.47. The number of nitrogens with zero attached hydrogens (tertiary/aromatic N) is 3. The number of carbonyl (C=O) groups excluding carboxylic acids is 1. The summed E-state index contributed by atoms with van der Waals surface area (Å²) in [5.41, 5.74) is 4.72. The third kappa shape index (κ3) is 4.41. The van der Waals surface area contributed by atoms with Crippen LogP contribution < -0.4 is 5.32 Å². The molecule has 0 aliphatic heterocycles. The van der Waals surface area contributed by atoms with Crippen LogP contribution in [0.15, 0.2) is 70.4 Å². The Morgan fingerprint density at radius 2 is 1.84 bits per heavy atom. The number of thioether (sulfide) groups is 1. The molecule has 0 aliphatic rings. The predicted molar refractivity (Wildman–Crippen MR) is 123 cm³/mol. The summed E-state index contributed by atoms with van der Waals surface area (Å²) >= 11 is 1.38. The maximum Gasteiger partial charge on any atom is 0.242 e. The summed E-state index contributed by atoms with van der Waals surface area (Å²) in [5, 5.41) is 12.0. The van der Waals surface area contributed by atoms with Crippen molar-refractivity contribution in [3.05, 3.63) is 83.3 Å². The maximum absolute atomic E-state index is 13.4. The van der Waals surface area contributed by atoms with Crippen molar-refractivity contribution in [1.82, 2.24) is 14.8 Å². The summed E-state index contributed by atoms with van der Waals surface area (Å²) in [7, 11) is 1.90. The molecule has 6 nitrogen and oxygen atoms in total. The molecule has 7 heteroatoms. The number of aromatic nitrogens is 3. The van der Waals surface area contributed by atoms with E-state index in [1.165, 1.54) is 11.8 Å². The van der Waals surface area contributed by atoms with Gasteiger partial charge in [-0.2, -0.15) is 0 Å². The SMILES string of the molecule is Cc1ccc(C)c(NC(=O)C(Sc2nnc(-c3ccoc3C)n2C)c2ccccc2)c1. The minimum absolute atomic E-state index is 0.103. The molecule has 0 fully saturated rings. The lowest BCUT2D eigenvalue weighted by atomic mass is 10.1. The minimum Gasteiger partial charge on any atom is -0.469 e. The van der Waals surface area contributed by atoms with Gasteiger partial charge >= 0.3 is 0 Å². The Morgan fingerprint density at radius 3 is 2.55 bits per heavy atom. The molecule has 1 atom stereocenters. The van der Waals surface area contributed by atoms with Crippen LogP contribution in [0.5, 0.6) is 0 Å². The van der Waals surface area contributed by atoms with Crippen LogP contribution >= 0.6 is 11.8 Å². The number of nitrogens with one attached hydrogen (secondary N) is 1. The number of furan rings is 1. The number of hydrogen-bond donors (Lipinski definition) is 1. The van der Waals surface area contributed by atoms with Crippen LogP contribution in [-0.2, 0) is 11.8 Å². The standard InChI is InChI=1S/C24H24N4O2S/c1-15-10-11-16(2)20(14-15)25-23(29)21(18-8-6-5-7-9-18)31-24-27-26-22(28(24)4)19-12-13-30-17(19)3/h5-14,21H,1-4H3,(H,25,29). The van der Waals surface area contributed by atoms with Gasteiger partial charge in [0.15, 0.2) is 11.0 Å². The molecule has 4 aromatic rings. The summed E-state index contributed by atoms with van der Waals surface area (Å²) in [6.45, 7) is 5.89. The number of hydrogen-bond acceptors (Lipinski definition) is 5. The number of benzene rings is 2. The van der Waals surface area contributed by atoms with Crippen molar-refractivity contribution < 1.29 is 9.21 Å². The Kier molecular flexibility index (Phi) is 5.95. The van der Waals surface area contributed by atoms with Gasteiger partial charge in [0, 0.05) is 12.7 Å². The molecule has 31 heavy (non-hydrogen) atoms. The summed E-state index contributed by atoms with van der Waals surface area (Å²) in [4.78, 5) is 13.4. The molecule has 158 valence electrons. The Bertz CT molecular complexity index is 1210. The van der Waals surface area contributed by atoms with E-state index >= 15 is 0 Å². The summed E-state index contributed by atoms with van der Waals surface area (Å²) < 4.78 is 7.30. The maximum atomic E-state index is 13.4. The second-order valence-electron chi connectivity index (χ2n) is 7.47. The van der Waals surface area contributed by atoms with Crippen molar-refractivity contribution in [1.29, 1.82) is 0 Å². The normalized spacial score (nSPS) is 12.0. The number of aryl methyl sites for hydroxylation is 3. The van der Waals surface area contributed by atoms with E-state index in [0.717, 1.165) is 33.7 Å². The molecule has 0 saturated carbocycles. The van der Waals surface area contributed by atoms with E-state index in [1.807, 2.05) is 87.0 Å². The first-order valence-corrected chi connectivity index (χ1v) is 10.9. The first-order chi connectivity index (χ1) is 14.9. The number of anilines is 1. The Labute approximate surface area is 185 Å². The molecule has 1 unspecified atom stereocenters. The smallest absolute Gasteiger partial charge is 0.242 e. The van der Waals surface area contributed by atoms with E-state index < -0.39 is 5.25 Å². The largest absolute Gasteiger partial charge is 0.469 e. The molecule has 0 radical (unpaired) electrons. The van der Waals surface area contributed by atoms with Gasteiger partial charge in [-0.05, 0) is 49.6 Å². The highest BCUT2D eigenvalue weighted by Crippen LogP contribution is 2.37. The van der Waals surface area contributed by atoms with E-state index in [1.54, 1.807) is 6.26 Å². The third-order valence-electron chi connectivity index (χ3n) is 5.15. The highest BCUT2D eigenvalue weighted by atomic mass is 32.2. The van der Waals surface area contributed by atoms with Gasteiger partial charge in [-0.1, -0.05) is 54.2 Å². The van der Waals surface area contributed by atoms with Gasteiger partial charge in [0.2, 0.25) is 5.91 Å². The number of rotatable bonds is 6. The average molecular weight is 433 g/mol. The van der Waals surface area contributed by atoms with Crippen LogP contribution in [0.25, 0.3) is 11.4 Å². The second-order valence-corrected chi connectivity index (χ2v) is 8.54. The van der Waals surface area contributed by atoms with E-state index in [-0.39, 0.29) is 5.91 Å². The molecule has 0 aliphatic carbocycles. The molecule has 2 aromatic heterocycles. The molecule has 2 aromatic carbocycles. The van der Waals surface area contributed by atoms with Crippen LogP contribution in [-0.4, -0.2) is 20.7 Å². The molecule has 1 amide bonds. The minimum atomic E-state index is -0.484. The van der Waals surface area contributed by atoms with Gasteiger partial charge in [-0.15, -0.1) is 10.2 Å². The fraction of sp³-hybridized carbons (Fsp3) is 0.208. The third-order valence-corrected chi connectivity index (χ3v) is 6.44. The van der Waals surface area contributed by atoms with Gasteiger partial charge in [0.1, 0.15) is 11.0 Å². The first-order valence-electron chi connectivity index (χ1n) is 9.97. The molecular formula is C24H24N4O2S. The lowest BCUT2D eigenvalue weighted by Crippen LogP contribution is -2.20. The van der Waals surface area contributed by atoms with Crippen LogP contribution in [0.4, 0.5) is 5.69 Å². The quantitative estimate of drug-likeness (QED) is 0.409. The molecule has 0 bridgehead atoms. The Balaban J connectivity index is 1.65. The number of carbonyl (C=O) groups is 1. The van der Waals surface area contributed by atoms with Crippen molar-refractivity contribution in [3.8, 4) is 11.4 Å². The van der Waals surface area contributed by atoms with Crippen LogP contribution in [0.1, 0.15) is 27.7 Å². The lowest BCUT2D eigenvalue weighted by Gasteiger charge is -2.18. The zero-order valence-electron chi connectivity index (χ0n) is 17.9. The van der Waals surface area contributed by atoms with Gasteiger partial charge < -0.3 is 14.3 Å². The fourth-order valence-electron chi connectivity index (χ4n) is 3.34. The zero-order chi connectivity index (χ0) is 22.0. The summed E-state index contributed by atoms with van der Waals surface area (Å²) in [6.07, 6.45) is 1.64. The average Bonchev–Trinajstić information content (AvgIpc) is 3.34. The van der Waals surface area contributed by atoms with Crippen LogP contribution in [0.3, 0.4) is 0 Å². The van der Waals surface area contributed by atoms with Gasteiger partial charge in [0.05, 0.1) is 11.8 Å². The molecule has 0 spiro atoms. The van der Waals surface area contributed by atoms with Gasteiger partial charge in [-0.3, -0.25) is 4.79 Å².